The predicted octanol–water partition coefficient (Wildman–Crippen LogP) is 4.29. The van der Waals surface area contributed by atoms with Crippen molar-refractivity contribution < 1.29 is 9.59 Å². The number of hydrogen-bond donors (Lipinski definition) is 1. The molecule has 3 aliphatic rings. The number of hydrogen-bond acceptors (Lipinski definition) is 3. The van der Waals surface area contributed by atoms with Crippen molar-refractivity contribution in [1.29, 1.82) is 0 Å². The number of halogens is 1. The van der Waals surface area contributed by atoms with Gasteiger partial charge in [-0.15, -0.1) is 0 Å². The van der Waals surface area contributed by atoms with Crippen molar-refractivity contribution in [1.82, 2.24) is 10.2 Å². The first kappa shape index (κ1) is 18.5. The van der Waals surface area contributed by atoms with Crippen molar-refractivity contribution in [3.63, 3.8) is 0 Å². The third-order valence-electron chi connectivity index (χ3n) is 5.92. The average Bonchev–Trinajstić information content (AvgIpc) is 2.68. The molecule has 0 aromatic heterocycles. The molecular formula is C22H25BrN2O2. The molecule has 2 aliphatic heterocycles. The minimum absolute atomic E-state index is 0.0880. The molecule has 27 heavy (non-hydrogen) atoms. The highest BCUT2D eigenvalue weighted by Crippen LogP contribution is 2.44. The summed E-state index contributed by atoms with van der Waals surface area (Å²) in [7, 11) is 0. The number of rotatable bonds is 2. The fraction of sp³-hybridized carbons (Fsp3) is 0.455. The molecule has 0 saturated carbocycles. The van der Waals surface area contributed by atoms with Gasteiger partial charge in [0.1, 0.15) is 5.78 Å². The van der Waals surface area contributed by atoms with Crippen molar-refractivity contribution in [2.75, 3.05) is 13.1 Å². The number of nitrogens with zero attached hydrogens (tertiary/aromatic N) is 1. The molecule has 0 spiro atoms. The van der Waals surface area contributed by atoms with Crippen LogP contribution in [0.1, 0.15) is 50.5 Å². The first-order valence-electron chi connectivity index (χ1n) is 9.81. The maximum absolute atomic E-state index is 13.5. The van der Waals surface area contributed by atoms with Crippen molar-refractivity contribution >= 4 is 27.6 Å². The highest BCUT2D eigenvalue weighted by Gasteiger charge is 2.43. The van der Waals surface area contributed by atoms with Crippen LogP contribution in [-0.2, 0) is 9.59 Å². The molecule has 1 fully saturated rings. The fourth-order valence-electron chi connectivity index (χ4n) is 4.59. The summed E-state index contributed by atoms with van der Waals surface area (Å²) < 4.78 is 0.996. The number of piperidine rings is 1. The largest absolute Gasteiger partial charge is 0.362 e. The number of benzene rings is 1. The fourth-order valence-corrected chi connectivity index (χ4v) is 4.86. The first-order valence-corrected chi connectivity index (χ1v) is 10.6. The molecule has 1 N–H and O–H groups in total. The molecular weight excluding hydrogens is 404 g/mol. The monoisotopic (exact) mass is 428 g/mol. The average molecular weight is 429 g/mol. The minimum Gasteiger partial charge on any atom is -0.362 e. The van der Waals surface area contributed by atoms with Gasteiger partial charge < -0.3 is 10.2 Å². The number of nitrogens with one attached hydrogen (secondary N) is 1. The van der Waals surface area contributed by atoms with E-state index in [0.717, 1.165) is 59.4 Å². The van der Waals surface area contributed by atoms with Crippen LogP contribution < -0.4 is 5.32 Å². The van der Waals surface area contributed by atoms with E-state index in [2.05, 4.69) is 27.3 Å². The van der Waals surface area contributed by atoms with Crippen LogP contribution in [0.4, 0.5) is 0 Å². The van der Waals surface area contributed by atoms with Gasteiger partial charge in [0.05, 0.1) is 5.92 Å². The standard InChI is InChI=1S/C22H25BrN2O2/c1-14-19(22(27)25-12-3-2-4-13-25)20(15-8-10-16(23)11-9-15)21-17(24-14)6-5-7-18(21)26/h6,8-11,20-21,24H,2-5,7,12-13H2,1H3. The lowest BCUT2D eigenvalue weighted by atomic mass is 9.70. The predicted molar refractivity (Wildman–Crippen MR) is 109 cm³/mol. The summed E-state index contributed by atoms with van der Waals surface area (Å²) in [4.78, 5) is 28.3. The molecule has 0 bridgehead atoms. The third kappa shape index (κ3) is 3.49. The van der Waals surface area contributed by atoms with E-state index in [1.807, 2.05) is 36.1 Å². The lowest BCUT2D eigenvalue weighted by Crippen LogP contribution is -2.45. The van der Waals surface area contributed by atoms with Crippen LogP contribution in [0.25, 0.3) is 0 Å². The molecule has 4 nitrogen and oxygen atoms in total. The Morgan fingerprint density at radius 2 is 1.81 bits per heavy atom. The maximum Gasteiger partial charge on any atom is 0.252 e. The van der Waals surface area contributed by atoms with E-state index in [-0.39, 0.29) is 23.5 Å². The van der Waals surface area contributed by atoms with Gasteiger partial charge >= 0.3 is 0 Å². The molecule has 2 unspecified atom stereocenters. The van der Waals surface area contributed by atoms with Gasteiger partial charge in [-0.05, 0) is 50.3 Å². The topological polar surface area (TPSA) is 49.4 Å². The van der Waals surface area contributed by atoms with Crippen molar-refractivity contribution in [2.45, 2.75) is 44.9 Å². The van der Waals surface area contributed by atoms with Gasteiger partial charge in [0.2, 0.25) is 0 Å². The molecule has 1 saturated heterocycles. The van der Waals surface area contributed by atoms with Gasteiger partial charge in [-0.3, -0.25) is 9.59 Å². The molecule has 1 aromatic rings. The highest BCUT2D eigenvalue weighted by atomic mass is 79.9. The lowest BCUT2D eigenvalue weighted by molar-refractivity contribution is -0.129. The zero-order valence-electron chi connectivity index (χ0n) is 15.6. The number of amides is 1. The summed E-state index contributed by atoms with van der Waals surface area (Å²) in [6.07, 6.45) is 6.75. The van der Waals surface area contributed by atoms with Gasteiger partial charge in [0.25, 0.3) is 5.91 Å². The second-order valence-corrected chi connectivity index (χ2v) is 8.60. The second kappa shape index (κ2) is 7.63. The van der Waals surface area contributed by atoms with E-state index in [1.165, 1.54) is 6.42 Å². The number of carbonyl (C=O) groups excluding carboxylic acids is 2. The summed E-state index contributed by atoms with van der Waals surface area (Å²) >= 11 is 3.49. The summed E-state index contributed by atoms with van der Waals surface area (Å²) in [5.41, 5.74) is 3.64. The van der Waals surface area contributed by atoms with Crippen LogP contribution in [0.3, 0.4) is 0 Å². The number of likely N-dealkylation sites (tertiary alicyclic amines) is 1. The molecule has 5 heteroatoms. The first-order chi connectivity index (χ1) is 13.1. The Hall–Kier alpha value is -1.88. The highest BCUT2D eigenvalue weighted by molar-refractivity contribution is 9.10. The van der Waals surface area contributed by atoms with E-state index in [0.29, 0.717) is 6.42 Å². The summed E-state index contributed by atoms with van der Waals surface area (Å²) in [6, 6.07) is 8.06. The zero-order chi connectivity index (χ0) is 19.0. The van der Waals surface area contributed by atoms with Gasteiger partial charge in [0.15, 0.2) is 0 Å². The van der Waals surface area contributed by atoms with Crippen LogP contribution >= 0.6 is 15.9 Å². The van der Waals surface area contributed by atoms with Crippen molar-refractivity contribution in [3.8, 4) is 0 Å². The smallest absolute Gasteiger partial charge is 0.252 e. The molecule has 1 aliphatic carbocycles. The second-order valence-electron chi connectivity index (χ2n) is 7.69. The molecule has 4 rings (SSSR count). The number of ketones is 1. The van der Waals surface area contributed by atoms with Crippen LogP contribution in [-0.4, -0.2) is 29.7 Å². The summed E-state index contributed by atoms with van der Waals surface area (Å²) in [6.45, 7) is 3.59. The Balaban J connectivity index is 1.81. The summed E-state index contributed by atoms with van der Waals surface area (Å²) in [5, 5.41) is 3.39. The Kier molecular flexibility index (Phi) is 5.22. The number of carbonyl (C=O) groups is 2. The van der Waals surface area contributed by atoms with E-state index in [9.17, 15) is 9.59 Å². The van der Waals surface area contributed by atoms with Gasteiger partial charge in [-0.25, -0.2) is 0 Å². The lowest BCUT2D eigenvalue weighted by Gasteiger charge is -2.40. The molecule has 0 radical (unpaired) electrons. The van der Waals surface area contributed by atoms with Crippen molar-refractivity contribution in [2.24, 2.45) is 5.92 Å². The van der Waals surface area contributed by atoms with E-state index >= 15 is 0 Å². The quantitative estimate of drug-likeness (QED) is 0.764. The Morgan fingerprint density at radius 3 is 2.52 bits per heavy atom. The van der Waals surface area contributed by atoms with Crippen LogP contribution in [0.5, 0.6) is 0 Å². The maximum atomic E-state index is 13.5. The number of Topliss-reactive ketones (excluding diaryl/α,β-unsaturated/α-hetero) is 1. The van der Waals surface area contributed by atoms with Gasteiger partial charge in [0, 0.05) is 46.9 Å². The molecule has 142 valence electrons. The van der Waals surface area contributed by atoms with E-state index < -0.39 is 0 Å². The normalized spacial score (nSPS) is 25.6. The minimum atomic E-state index is -0.285. The van der Waals surface area contributed by atoms with E-state index in [4.69, 9.17) is 0 Å². The van der Waals surface area contributed by atoms with Gasteiger partial charge in [-0.1, -0.05) is 34.1 Å². The molecule has 2 heterocycles. The van der Waals surface area contributed by atoms with Crippen LogP contribution in [0, 0.1) is 5.92 Å². The van der Waals surface area contributed by atoms with Crippen LogP contribution in [0.15, 0.2) is 51.8 Å². The Morgan fingerprint density at radius 1 is 1.11 bits per heavy atom. The molecule has 2 atom stereocenters. The third-order valence-corrected chi connectivity index (χ3v) is 6.45. The van der Waals surface area contributed by atoms with Crippen molar-refractivity contribution in [3.05, 3.63) is 57.3 Å². The zero-order valence-corrected chi connectivity index (χ0v) is 17.2. The number of fused-ring (bicyclic) bond motifs is 1. The number of allylic oxidation sites excluding steroid dienone is 3. The SMILES string of the molecule is CC1=C(C(=O)N2CCCCC2)C(c2ccc(Br)cc2)C2C(=O)CCC=C2N1. The Bertz CT molecular complexity index is 819. The van der Waals surface area contributed by atoms with E-state index in [1.54, 1.807) is 0 Å². The van der Waals surface area contributed by atoms with Gasteiger partial charge in [-0.2, -0.15) is 0 Å². The Labute approximate surface area is 168 Å². The summed E-state index contributed by atoms with van der Waals surface area (Å²) in [5.74, 6) is -0.186. The molecule has 1 amide bonds. The van der Waals surface area contributed by atoms with Crippen LogP contribution in [0.2, 0.25) is 0 Å². The molecule has 1 aromatic carbocycles.